The maximum Gasteiger partial charge on any atom is 0.328 e. The molecule has 29 heavy (non-hydrogen) atoms. The molecule has 0 aliphatic heterocycles. The number of amides is 1. The Morgan fingerprint density at radius 1 is 1.17 bits per heavy atom. The number of hydrogen-bond acceptors (Lipinski definition) is 4. The molecule has 3 rings (SSSR count). The van der Waals surface area contributed by atoms with E-state index in [1.165, 1.54) is 26.4 Å². The van der Waals surface area contributed by atoms with Crippen molar-refractivity contribution in [2.75, 3.05) is 14.2 Å². The summed E-state index contributed by atoms with van der Waals surface area (Å²) in [6, 6.07) is 11.5. The van der Waals surface area contributed by atoms with Gasteiger partial charge in [-0.3, -0.25) is 4.79 Å². The Morgan fingerprint density at radius 2 is 1.97 bits per heavy atom. The first-order valence-corrected chi connectivity index (χ1v) is 9.26. The Labute approximate surface area is 168 Å². The predicted octanol–water partition coefficient (Wildman–Crippen LogP) is 3.15. The van der Waals surface area contributed by atoms with Crippen LogP contribution in [0.3, 0.4) is 0 Å². The van der Waals surface area contributed by atoms with Crippen molar-refractivity contribution in [2.24, 2.45) is 0 Å². The number of benzene rings is 2. The fourth-order valence-electron chi connectivity index (χ4n) is 3.25. The summed E-state index contributed by atoms with van der Waals surface area (Å²) in [6.45, 7) is 0. The molecule has 1 unspecified atom stereocenters. The van der Waals surface area contributed by atoms with Crippen molar-refractivity contribution in [3.63, 3.8) is 0 Å². The van der Waals surface area contributed by atoms with Gasteiger partial charge in [0.25, 0.3) is 0 Å². The quantitative estimate of drug-likeness (QED) is 0.571. The van der Waals surface area contributed by atoms with Gasteiger partial charge in [0.15, 0.2) is 11.6 Å². The van der Waals surface area contributed by atoms with E-state index in [0.29, 0.717) is 18.4 Å². The Balaban J connectivity index is 1.64. The van der Waals surface area contributed by atoms with Gasteiger partial charge in [-0.2, -0.15) is 0 Å². The molecule has 6 nitrogen and oxygen atoms in total. The molecular formula is C22H23FN2O4. The van der Waals surface area contributed by atoms with Crippen LogP contribution in [0.5, 0.6) is 5.75 Å². The van der Waals surface area contributed by atoms with E-state index in [2.05, 4.69) is 10.3 Å². The molecule has 0 saturated heterocycles. The number of esters is 1. The number of methoxy groups -OCH3 is 2. The third kappa shape index (κ3) is 4.93. The maximum absolute atomic E-state index is 13.8. The number of rotatable bonds is 8. The van der Waals surface area contributed by atoms with Gasteiger partial charge in [-0.05, 0) is 35.7 Å². The van der Waals surface area contributed by atoms with E-state index in [4.69, 9.17) is 9.47 Å². The summed E-state index contributed by atoms with van der Waals surface area (Å²) in [5.74, 6) is -1.14. The molecule has 0 bridgehead atoms. The number of para-hydroxylation sites is 1. The number of hydrogen-bond donors (Lipinski definition) is 2. The second kappa shape index (κ2) is 9.23. The zero-order chi connectivity index (χ0) is 20.8. The first-order chi connectivity index (χ1) is 14.0. The third-order valence-electron chi connectivity index (χ3n) is 4.78. The second-order valence-corrected chi connectivity index (χ2v) is 6.68. The Bertz CT molecular complexity index is 1010. The largest absolute Gasteiger partial charge is 0.494 e. The van der Waals surface area contributed by atoms with Gasteiger partial charge in [-0.15, -0.1) is 0 Å². The van der Waals surface area contributed by atoms with Crippen LogP contribution >= 0.6 is 0 Å². The highest BCUT2D eigenvalue weighted by molar-refractivity contribution is 5.87. The summed E-state index contributed by atoms with van der Waals surface area (Å²) >= 11 is 0. The summed E-state index contributed by atoms with van der Waals surface area (Å²) in [4.78, 5) is 27.7. The van der Waals surface area contributed by atoms with Gasteiger partial charge in [-0.1, -0.05) is 24.3 Å². The first-order valence-electron chi connectivity index (χ1n) is 9.26. The summed E-state index contributed by atoms with van der Waals surface area (Å²) in [6.07, 6.45) is 2.59. The number of carbonyl (C=O) groups excluding carboxylic acids is 2. The number of H-pyrrole nitrogens is 1. The van der Waals surface area contributed by atoms with Gasteiger partial charge in [0.05, 0.1) is 14.2 Å². The van der Waals surface area contributed by atoms with Gasteiger partial charge < -0.3 is 19.8 Å². The van der Waals surface area contributed by atoms with Crippen LogP contribution in [0.4, 0.5) is 4.39 Å². The summed E-state index contributed by atoms with van der Waals surface area (Å²) in [5.41, 5.74) is 2.54. The highest BCUT2D eigenvalue weighted by atomic mass is 19.1. The number of aromatic amines is 1. The van der Waals surface area contributed by atoms with Crippen LogP contribution in [0.1, 0.15) is 17.5 Å². The molecule has 1 aromatic heterocycles. The van der Waals surface area contributed by atoms with Gasteiger partial charge in [0, 0.05) is 29.9 Å². The van der Waals surface area contributed by atoms with Crippen LogP contribution in [-0.4, -0.2) is 37.1 Å². The van der Waals surface area contributed by atoms with Crippen molar-refractivity contribution in [1.82, 2.24) is 10.3 Å². The highest BCUT2D eigenvalue weighted by Crippen LogP contribution is 2.20. The van der Waals surface area contributed by atoms with Gasteiger partial charge in [0.2, 0.25) is 5.91 Å². The molecule has 7 heteroatoms. The SMILES string of the molecule is COC(=O)C(Cc1c[nH]c2ccccc12)NC(=O)CCc1ccc(OC)c(F)c1. The number of halogens is 1. The lowest BCUT2D eigenvalue weighted by molar-refractivity contribution is -0.145. The van der Waals surface area contributed by atoms with Crippen molar-refractivity contribution >= 4 is 22.8 Å². The Morgan fingerprint density at radius 3 is 2.69 bits per heavy atom. The zero-order valence-corrected chi connectivity index (χ0v) is 16.3. The molecule has 0 aliphatic carbocycles. The number of nitrogens with one attached hydrogen (secondary N) is 2. The minimum absolute atomic E-state index is 0.118. The lowest BCUT2D eigenvalue weighted by atomic mass is 10.0. The van der Waals surface area contributed by atoms with Crippen LogP contribution in [0.2, 0.25) is 0 Å². The molecule has 0 fully saturated rings. The number of carbonyl (C=O) groups is 2. The summed E-state index contributed by atoms with van der Waals surface area (Å²) < 4.78 is 23.5. The van der Waals surface area contributed by atoms with Gasteiger partial charge in [0.1, 0.15) is 6.04 Å². The van der Waals surface area contributed by atoms with E-state index in [9.17, 15) is 14.0 Å². The lowest BCUT2D eigenvalue weighted by Crippen LogP contribution is -2.43. The minimum atomic E-state index is -0.806. The van der Waals surface area contributed by atoms with Crippen molar-refractivity contribution in [3.05, 3.63) is 65.6 Å². The van der Waals surface area contributed by atoms with Crippen LogP contribution in [0, 0.1) is 5.82 Å². The Kier molecular flexibility index (Phi) is 6.49. The Hall–Kier alpha value is -3.35. The van der Waals surface area contributed by atoms with Crippen LogP contribution in [0.15, 0.2) is 48.7 Å². The van der Waals surface area contributed by atoms with Crippen molar-refractivity contribution in [3.8, 4) is 5.75 Å². The molecule has 0 aliphatic rings. The van der Waals surface area contributed by atoms with E-state index in [0.717, 1.165) is 16.5 Å². The first kappa shape index (κ1) is 20.4. The zero-order valence-electron chi connectivity index (χ0n) is 16.3. The average molecular weight is 398 g/mol. The minimum Gasteiger partial charge on any atom is -0.494 e. The fraction of sp³-hybridized carbons (Fsp3) is 0.273. The monoisotopic (exact) mass is 398 g/mol. The maximum atomic E-state index is 13.8. The lowest BCUT2D eigenvalue weighted by Gasteiger charge is -2.16. The van der Waals surface area contributed by atoms with E-state index >= 15 is 0 Å². The number of ether oxygens (including phenoxy) is 2. The topological polar surface area (TPSA) is 80.4 Å². The molecule has 0 saturated carbocycles. The molecule has 152 valence electrons. The van der Waals surface area contributed by atoms with Crippen molar-refractivity contribution < 1.29 is 23.5 Å². The highest BCUT2D eigenvalue weighted by Gasteiger charge is 2.23. The molecule has 2 aromatic carbocycles. The molecule has 1 atom stereocenters. The normalized spacial score (nSPS) is 11.8. The standard InChI is InChI=1S/C22H23FN2O4/c1-28-20-9-7-14(11-17(20)23)8-10-21(26)25-19(22(27)29-2)12-15-13-24-18-6-4-3-5-16(15)18/h3-7,9,11,13,19,24H,8,10,12H2,1-2H3,(H,25,26). The molecule has 2 N–H and O–H groups in total. The summed E-state index contributed by atoms with van der Waals surface area (Å²) in [7, 11) is 2.68. The van der Waals surface area contributed by atoms with E-state index in [-0.39, 0.29) is 18.1 Å². The van der Waals surface area contributed by atoms with E-state index in [1.54, 1.807) is 6.07 Å². The number of aromatic nitrogens is 1. The van der Waals surface area contributed by atoms with Crippen LogP contribution in [-0.2, 0) is 27.2 Å². The van der Waals surface area contributed by atoms with Gasteiger partial charge in [-0.25, -0.2) is 9.18 Å². The number of aryl methyl sites for hydroxylation is 1. The second-order valence-electron chi connectivity index (χ2n) is 6.68. The molecule has 0 spiro atoms. The average Bonchev–Trinajstić information content (AvgIpc) is 3.14. The van der Waals surface area contributed by atoms with Crippen molar-refractivity contribution in [1.29, 1.82) is 0 Å². The molecular weight excluding hydrogens is 375 g/mol. The predicted molar refractivity (Wildman–Crippen MR) is 107 cm³/mol. The summed E-state index contributed by atoms with van der Waals surface area (Å²) in [5, 5.41) is 3.72. The van der Waals surface area contributed by atoms with Crippen LogP contribution in [0.25, 0.3) is 10.9 Å². The van der Waals surface area contributed by atoms with E-state index < -0.39 is 17.8 Å². The number of fused-ring (bicyclic) bond motifs is 1. The molecule has 1 amide bonds. The smallest absolute Gasteiger partial charge is 0.328 e. The van der Waals surface area contributed by atoms with E-state index in [1.807, 2.05) is 30.5 Å². The molecule has 0 radical (unpaired) electrons. The van der Waals surface area contributed by atoms with Crippen LogP contribution < -0.4 is 10.1 Å². The van der Waals surface area contributed by atoms with Gasteiger partial charge >= 0.3 is 5.97 Å². The fourth-order valence-corrected chi connectivity index (χ4v) is 3.25. The van der Waals surface area contributed by atoms with Crippen molar-refractivity contribution in [2.45, 2.75) is 25.3 Å². The molecule has 1 heterocycles. The third-order valence-corrected chi connectivity index (χ3v) is 4.78. The molecule has 3 aromatic rings.